The van der Waals surface area contributed by atoms with Gasteiger partial charge in [0.1, 0.15) is 6.10 Å². The second-order valence-corrected chi connectivity index (χ2v) is 6.66. The molecule has 2 heterocycles. The summed E-state index contributed by atoms with van der Waals surface area (Å²) >= 11 is 0. The van der Waals surface area contributed by atoms with Crippen molar-refractivity contribution in [2.24, 2.45) is 0 Å². The number of nitriles is 1. The molecule has 0 spiro atoms. The van der Waals surface area contributed by atoms with Gasteiger partial charge in [0.25, 0.3) is 0 Å². The lowest BCUT2D eigenvalue weighted by Crippen LogP contribution is -2.42. The molecule has 1 unspecified atom stereocenters. The van der Waals surface area contributed by atoms with E-state index in [0.29, 0.717) is 29.0 Å². The van der Waals surface area contributed by atoms with Gasteiger partial charge < -0.3 is 10.1 Å². The van der Waals surface area contributed by atoms with Crippen LogP contribution in [0, 0.1) is 17.1 Å². The summed E-state index contributed by atoms with van der Waals surface area (Å²) in [5.41, 5.74) is 1.83. The first-order valence-corrected chi connectivity index (χ1v) is 8.44. The summed E-state index contributed by atoms with van der Waals surface area (Å²) in [5, 5.41) is 12.4. The second kappa shape index (κ2) is 6.26. The summed E-state index contributed by atoms with van der Waals surface area (Å²) in [7, 11) is 0. The number of nitrogens with zero attached hydrogens (tertiary/aromatic N) is 1. The maximum absolute atomic E-state index is 14.9. The lowest BCUT2D eigenvalue weighted by atomic mass is 10.0. The van der Waals surface area contributed by atoms with E-state index in [1.165, 1.54) is 12.8 Å². The topological polar surface area (TPSA) is 45.0 Å². The van der Waals surface area contributed by atoms with Crippen molar-refractivity contribution in [2.75, 3.05) is 0 Å². The van der Waals surface area contributed by atoms with Crippen LogP contribution in [0.1, 0.15) is 31.2 Å². The number of hydrogen-bond donors (Lipinski definition) is 1. The third-order valence-corrected chi connectivity index (χ3v) is 5.01. The van der Waals surface area contributed by atoms with Crippen molar-refractivity contribution in [3.63, 3.8) is 0 Å². The molecule has 2 bridgehead atoms. The molecule has 0 aliphatic carbocycles. The Hall–Kier alpha value is -2.38. The number of fused-ring (bicyclic) bond motifs is 2. The molecule has 0 radical (unpaired) electrons. The monoisotopic (exact) mass is 322 g/mol. The molecule has 122 valence electrons. The van der Waals surface area contributed by atoms with E-state index in [4.69, 9.17) is 10.00 Å². The van der Waals surface area contributed by atoms with Crippen molar-refractivity contribution in [3.8, 4) is 22.9 Å². The van der Waals surface area contributed by atoms with E-state index >= 15 is 0 Å². The van der Waals surface area contributed by atoms with Crippen molar-refractivity contribution in [1.82, 2.24) is 5.32 Å². The average Bonchev–Trinajstić information content (AvgIpc) is 2.95. The molecule has 2 aliphatic rings. The first kappa shape index (κ1) is 15.2. The summed E-state index contributed by atoms with van der Waals surface area (Å²) in [6, 6.07) is 15.3. The minimum atomic E-state index is -0.326. The Labute approximate surface area is 141 Å². The predicted molar refractivity (Wildman–Crippen MR) is 90.1 cm³/mol. The summed E-state index contributed by atoms with van der Waals surface area (Å²) < 4.78 is 20.9. The minimum absolute atomic E-state index is 0.0782. The highest BCUT2D eigenvalue weighted by molar-refractivity contribution is 5.66. The molecule has 2 fully saturated rings. The zero-order chi connectivity index (χ0) is 16.5. The van der Waals surface area contributed by atoms with Crippen LogP contribution in [-0.2, 0) is 0 Å². The Bertz CT molecular complexity index is 769. The van der Waals surface area contributed by atoms with Crippen molar-refractivity contribution in [1.29, 1.82) is 5.26 Å². The highest BCUT2D eigenvalue weighted by Gasteiger charge is 2.34. The van der Waals surface area contributed by atoms with Crippen molar-refractivity contribution < 1.29 is 9.13 Å². The van der Waals surface area contributed by atoms with Crippen LogP contribution in [0.5, 0.6) is 5.75 Å². The van der Waals surface area contributed by atoms with Crippen molar-refractivity contribution in [2.45, 2.75) is 43.9 Å². The maximum Gasteiger partial charge on any atom is 0.172 e. The van der Waals surface area contributed by atoms with Gasteiger partial charge in [-0.15, -0.1) is 0 Å². The molecule has 2 aromatic carbocycles. The Morgan fingerprint density at radius 3 is 2.42 bits per heavy atom. The van der Waals surface area contributed by atoms with Crippen LogP contribution in [0.4, 0.5) is 4.39 Å². The molecule has 24 heavy (non-hydrogen) atoms. The van der Waals surface area contributed by atoms with E-state index in [9.17, 15) is 4.39 Å². The fourth-order valence-corrected chi connectivity index (χ4v) is 3.83. The Balaban J connectivity index is 1.57. The molecule has 4 heteroatoms. The third-order valence-electron chi connectivity index (χ3n) is 5.01. The van der Waals surface area contributed by atoms with Crippen LogP contribution in [0.25, 0.3) is 11.1 Å². The smallest absolute Gasteiger partial charge is 0.172 e. The SMILES string of the molecule is N#Cc1ccc(-c2cccc(OC3C[C@H]4CC[C@@H](C3)N4)c2F)cc1. The van der Waals surface area contributed by atoms with Gasteiger partial charge in [-0.05, 0) is 49.4 Å². The third kappa shape index (κ3) is 2.88. The van der Waals surface area contributed by atoms with Gasteiger partial charge in [-0.1, -0.05) is 24.3 Å². The molecule has 2 aromatic rings. The van der Waals surface area contributed by atoms with Gasteiger partial charge >= 0.3 is 0 Å². The summed E-state index contributed by atoms with van der Waals surface area (Å²) in [5.74, 6) is -0.00348. The number of halogens is 1. The number of piperidine rings is 1. The van der Waals surface area contributed by atoms with Gasteiger partial charge in [0.05, 0.1) is 11.6 Å². The van der Waals surface area contributed by atoms with Crippen LogP contribution < -0.4 is 10.1 Å². The molecular formula is C20H19FN2O. The Morgan fingerprint density at radius 1 is 1.04 bits per heavy atom. The summed E-state index contributed by atoms with van der Waals surface area (Å²) in [4.78, 5) is 0. The van der Waals surface area contributed by atoms with Gasteiger partial charge in [0, 0.05) is 17.6 Å². The molecule has 0 amide bonds. The van der Waals surface area contributed by atoms with E-state index in [2.05, 4.69) is 11.4 Å². The molecule has 3 atom stereocenters. The standard InChI is InChI=1S/C20H19FN2O/c21-20-18(14-6-4-13(12-22)5-7-14)2-1-3-19(20)24-17-10-15-8-9-16(11-17)23-15/h1-7,15-17,23H,8-11H2/t15-,16+,17?. The van der Waals surface area contributed by atoms with Gasteiger partial charge in [-0.2, -0.15) is 5.26 Å². The quantitative estimate of drug-likeness (QED) is 0.928. The fourth-order valence-electron chi connectivity index (χ4n) is 3.83. The average molecular weight is 322 g/mol. The zero-order valence-electron chi connectivity index (χ0n) is 13.3. The lowest BCUT2D eigenvalue weighted by Gasteiger charge is -2.29. The van der Waals surface area contributed by atoms with E-state index in [-0.39, 0.29) is 11.9 Å². The summed E-state index contributed by atoms with van der Waals surface area (Å²) in [6.07, 6.45) is 4.35. The van der Waals surface area contributed by atoms with E-state index in [1.54, 1.807) is 36.4 Å². The van der Waals surface area contributed by atoms with Crippen LogP contribution in [0.3, 0.4) is 0 Å². The first-order valence-electron chi connectivity index (χ1n) is 8.44. The van der Waals surface area contributed by atoms with Gasteiger partial charge in [-0.25, -0.2) is 4.39 Å². The van der Waals surface area contributed by atoms with Gasteiger partial charge in [0.15, 0.2) is 11.6 Å². The highest BCUT2D eigenvalue weighted by Crippen LogP contribution is 2.33. The second-order valence-electron chi connectivity index (χ2n) is 6.66. The molecule has 0 aromatic heterocycles. The zero-order valence-corrected chi connectivity index (χ0v) is 13.3. The van der Waals surface area contributed by atoms with Crippen LogP contribution in [-0.4, -0.2) is 18.2 Å². The van der Waals surface area contributed by atoms with Gasteiger partial charge in [-0.3, -0.25) is 0 Å². The van der Waals surface area contributed by atoms with Crippen LogP contribution >= 0.6 is 0 Å². The molecule has 2 saturated heterocycles. The predicted octanol–water partition coefficient (Wildman–Crippen LogP) is 4.03. The molecule has 0 saturated carbocycles. The van der Waals surface area contributed by atoms with Crippen LogP contribution in [0.15, 0.2) is 42.5 Å². The first-order chi connectivity index (χ1) is 11.7. The van der Waals surface area contributed by atoms with E-state index in [1.807, 2.05) is 6.07 Å². The molecule has 2 aliphatic heterocycles. The highest BCUT2D eigenvalue weighted by atomic mass is 19.1. The number of ether oxygens (including phenoxy) is 1. The molecule has 3 nitrogen and oxygen atoms in total. The van der Waals surface area contributed by atoms with Crippen molar-refractivity contribution in [3.05, 3.63) is 53.8 Å². The van der Waals surface area contributed by atoms with Crippen LogP contribution in [0.2, 0.25) is 0 Å². The molecular weight excluding hydrogens is 303 g/mol. The van der Waals surface area contributed by atoms with E-state index < -0.39 is 0 Å². The number of rotatable bonds is 3. The Morgan fingerprint density at radius 2 is 1.75 bits per heavy atom. The molecule has 4 rings (SSSR count). The normalized spacial score (nSPS) is 25.2. The number of hydrogen-bond acceptors (Lipinski definition) is 3. The maximum atomic E-state index is 14.9. The number of benzene rings is 2. The molecule has 1 N–H and O–H groups in total. The largest absolute Gasteiger partial charge is 0.487 e. The van der Waals surface area contributed by atoms with Gasteiger partial charge in [0.2, 0.25) is 0 Å². The lowest BCUT2D eigenvalue weighted by molar-refractivity contribution is 0.132. The van der Waals surface area contributed by atoms with E-state index in [0.717, 1.165) is 18.4 Å². The number of nitrogens with one attached hydrogen (secondary N) is 1. The summed E-state index contributed by atoms with van der Waals surface area (Å²) in [6.45, 7) is 0. The fraction of sp³-hybridized carbons (Fsp3) is 0.350. The Kier molecular flexibility index (Phi) is 3.95. The van der Waals surface area contributed by atoms with Crippen molar-refractivity contribution >= 4 is 0 Å². The minimum Gasteiger partial charge on any atom is -0.487 e.